The fourth-order valence-corrected chi connectivity index (χ4v) is 3.15. The van der Waals surface area contributed by atoms with Gasteiger partial charge >= 0.3 is 0 Å². The third kappa shape index (κ3) is 4.44. The molecule has 0 spiro atoms. The summed E-state index contributed by atoms with van der Waals surface area (Å²) in [4.78, 5) is 24.9. The number of hydrogen-bond acceptors (Lipinski definition) is 7. The van der Waals surface area contributed by atoms with Crippen molar-refractivity contribution < 1.29 is 14.5 Å². The van der Waals surface area contributed by atoms with E-state index in [2.05, 4.69) is 10.4 Å². The lowest BCUT2D eigenvalue weighted by Crippen LogP contribution is -2.49. The van der Waals surface area contributed by atoms with Gasteiger partial charge < -0.3 is 15.0 Å². The van der Waals surface area contributed by atoms with E-state index in [0.717, 1.165) is 0 Å². The van der Waals surface area contributed by atoms with Crippen molar-refractivity contribution in [1.29, 1.82) is 5.26 Å². The Morgan fingerprint density at radius 3 is 2.79 bits per heavy atom. The molecule has 28 heavy (non-hydrogen) atoms. The van der Waals surface area contributed by atoms with Crippen LogP contribution in [-0.2, 0) is 16.1 Å². The first-order chi connectivity index (χ1) is 13.4. The summed E-state index contributed by atoms with van der Waals surface area (Å²) in [7, 11) is 0. The lowest BCUT2D eigenvalue weighted by molar-refractivity contribution is -0.383. The van der Waals surface area contributed by atoms with Crippen LogP contribution in [0.4, 0.5) is 17.1 Å². The summed E-state index contributed by atoms with van der Waals surface area (Å²) in [5.74, 6) is -0.0685. The first-order valence-corrected chi connectivity index (χ1v) is 8.77. The number of nitriles is 1. The molecule has 1 saturated heterocycles. The zero-order valence-corrected chi connectivity index (χ0v) is 15.5. The van der Waals surface area contributed by atoms with Crippen LogP contribution < -0.4 is 5.32 Å². The summed E-state index contributed by atoms with van der Waals surface area (Å²) < 4.78 is 7.11. The van der Waals surface area contributed by atoms with Gasteiger partial charge in [0, 0.05) is 25.4 Å². The lowest BCUT2D eigenvalue weighted by atomic mass is 10.2. The number of aromatic nitrogens is 2. The number of morpholine rings is 1. The summed E-state index contributed by atoms with van der Waals surface area (Å²) in [6.07, 6.45) is 3.06. The van der Waals surface area contributed by atoms with Crippen LogP contribution in [0.5, 0.6) is 0 Å². The smallest absolute Gasteiger partial charge is 0.293 e. The van der Waals surface area contributed by atoms with Crippen LogP contribution in [-0.4, -0.2) is 50.8 Å². The summed E-state index contributed by atoms with van der Waals surface area (Å²) >= 11 is 0. The molecule has 1 aromatic carbocycles. The van der Waals surface area contributed by atoms with E-state index in [1.54, 1.807) is 11.1 Å². The van der Waals surface area contributed by atoms with E-state index in [9.17, 15) is 14.9 Å². The number of nitro groups is 1. The van der Waals surface area contributed by atoms with Gasteiger partial charge in [0.05, 0.1) is 40.6 Å². The van der Waals surface area contributed by atoms with Crippen LogP contribution in [0.25, 0.3) is 0 Å². The first-order valence-electron chi connectivity index (χ1n) is 8.77. The maximum Gasteiger partial charge on any atom is 0.293 e. The molecule has 1 aliphatic heterocycles. The molecule has 10 heteroatoms. The maximum absolute atomic E-state index is 12.5. The van der Waals surface area contributed by atoms with Crippen molar-refractivity contribution in [2.24, 2.45) is 0 Å². The number of carbonyl (C=O) groups is 1. The lowest BCUT2D eigenvalue weighted by Gasteiger charge is -2.35. The second-order valence-electron chi connectivity index (χ2n) is 6.71. The second-order valence-corrected chi connectivity index (χ2v) is 6.71. The van der Waals surface area contributed by atoms with Crippen LogP contribution in [0.15, 0.2) is 30.6 Å². The van der Waals surface area contributed by atoms with Gasteiger partial charge in [-0.15, -0.1) is 0 Å². The Balaban J connectivity index is 1.69. The Bertz CT molecular complexity index is 924. The van der Waals surface area contributed by atoms with Crippen molar-refractivity contribution in [3.05, 3.63) is 46.3 Å². The van der Waals surface area contributed by atoms with Gasteiger partial charge in [-0.3, -0.25) is 19.6 Å². The summed E-state index contributed by atoms with van der Waals surface area (Å²) in [6, 6.07) is 6.04. The number of nitrogens with one attached hydrogen (secondary N) is 1. The van der Waals surface area contributed by atoms with E-state index in [1.165, 1.54) is 29.1 Å². The molecule has 1 amide bonds. The van der Waals surface area contributed by atoms with Crippen molar-refractivity contribution >= 4 is 23.0 Å². The molecule has 2 aromatic rings. The molecule has 0 radical (unpaired) electrons. The molecule has 1 aliphatic rings. The van der Waals surface area contributed by atoms with Gasteiger partial charge in [-0.2, -0.15) is 10.4 Å². The van der Waals surface area contributed by atoms with Crippen LogP contribution in [0.1, 0.15) is 19.4 Å². The van der Waals surface area contributed by atoms with Crippen LogP contribution >= 0.6 is 0 Å². The molecule has 0 saturated carbocycles. The molecular formula is C18H20N6O4. The molecule has 1 fully saturated rings. The summed E-state index contributed by atoms with van der Waals surface area (Å²) in [6.45, 7) is 4.99. The predicted molar refractivity (Wildman–Crippen MR) is 99.9 cm³/mol. The van der Waals surface area contributed by atoms with E-state index in [0.29, 0.717) is 18.8 Å². The van der Waals surface area contributed by atoms with E-state index in [1.807, 2.05) is 19.9 Å². The Morgan fingerprint density at radius 1 is 1.43 bits per heavy atom. The molecule has 2 atom stereocenters. The van der Waals surface area contributed by atoms with Crippen molar-refractivity contribution in [3.8, 4) is 6.07 Å². The zero-order valence-electron chi connectivity index (χ0n) is 15.5. The van der Waals surface area contributed by atoms with E-state index < -0.39 is 4.92 Å². The average Bonchev–Trinajstić information content (AvgIpc) is 3.07. The molecule has 1 aromatic heterocycles. The largest absolute Gasteiger partial charge is 0.372 e. The highest BCUT2D eigenvalue weighted by molar-refractivity contribution is 5.76. The molecule has 3 rings (SSSR count). The first kappa shape index (κ1) is 19.3. The number of nitrogens with zero attached hydrogens (tertiary/aromatic N) is 5. The van der Waals surface area contributed by atoms with Crippen LogP contribution in [0, 0.1) is 21.4 Å². The predicted octanol–water partition coefficient (Wildman–Crippen LogP) is 2.04. The number of nitro benzene ring substituents is 1. The number of rotatable bonds is 5. The molecule has 0 aliphatic carbocycles. The number of hydrogen-bond donors (Lipinski definition) is 1. The minimum Gasteiger partial charge on any atom is -0.372 e. The third-order valence-corrected chi connectivity index (χ3v) is 4.31. The Morgan fingerprint density at radius 2 is 2.14 bits per heavy atom. The standard InChI is InChI=1S/C18H20N6O4/c1-12-8-22(9-13(2)28-12)18(25)11-23-10-15(7-20-23)21-16-4-3-14(6-19)5-17(16)24(26)27/h3-5,7,10,12-13,21H,8-9,11H2,1-2H3. The minimum absolute atomic E-state index is 0.0144. The van der Waals surface area contributed by atoms with E-state index in [-0.39, 0.29) is 41.6 Å². The fourth-order valence-electron chi connectivity index (χ4n) is 3.15. The van der Waals surface area contributed by atoms with E-state index in [4.69, 9.17) is 10.00 Å². The van der Waals surface area contributed by atoms with Gasteiger partial charge in [-0.05, 0) is 26.0 Å². The quantitative estimate of drug-likeness (QED) is 0.617. The molecule has 2 unspecified atom stereocenters. The van der Waals surface area contributed by atoms with E-state index >= 15 is 0 Å². The van der Waals surface area contributed by atoms with Gasteiger partial charge in [0.25, 0.3) is 5.69 Å². The third-order valence-electron chi connectivity index (χ3n) is 4.31. The van der Waals surface area contributed by atoms with Crippen molar-refractivity contribution in [2.75, 3.05) is 18.4 Å². The van der Waals surface area contributed by atoms with Gasteiger partial charge in [-0.25, -0.2) is 0 Å². The number of anilines is 2. The van der Waals surface area contributed by atoms with Crippen molar-refractivity contribution in [2.45, 2.75) is 32.6 Å². The molecule has 10 nitrogen and oxygen atoms in total. The Kier molecular flexibility index (Phi) is 5.56. The highest BCUT2D eigenvalue weighted by Crippen LogP contribution is 2.28. The second kappa shape index (κ2) is 8.06. The molecule has 0 bridgehead atoms. The van der Waals surface area contributed by atoms with Crippen LogP contribution in [0.2, 0.25) is 0 Å². The minimum atomic E-state index is -0.558. The number of carbonyl (C=O) groups excluding carboxylic acids is 1. The summed E-state index contributed by atoms with van der Waals surface area (Å²) in [5.41, 5.74) is 0.738. The Labute approximate surface area is 161 Å². The normalized spacial score (nSPS) is 19.1. The van der Waals surface area contributed by atoms with Gasteiger partial charge in [0.1, 0.15) is 12.2 Å². The van der Waals surface area contributed by atoms with Crippen molar-refractivity contribution in [1.82, 2.24) is 14.7 Å². The molecular weight excluding hydrogens is 364 g/mol. The molecule has 1 N–H and O–H groups in total. The topological polar surface area (TPSA) is 126 Å². The van der Waals surface area contributed by atoms with Crippen LogP contribution in [0.3, 0.4) is 0 Å². The van der Waals surface area contributed by atoms with Gasteiger partial charge in [0.15, 0.2) is 0 Å². The maximum atomic E-state index is 12.5. The summed E-state index contributed by atoms with van der Waals surface area (Å²) in [5, 5.41) is 27.2. The number of benzene rings is 1. The van der Waals surface area contributed by atoms with Gasteiger partial charge in [0.2, 0.25) is 5.91 Å². The highest BCUT2D eigenvalue weighted by atomic mass is 16.6. The Hall–Kier alpha value is -3.45. The monoisotopic (exact) mass is 384 g/mol. The molecule has 146 valence electrons. The SMILES string of the molecule is CC1CN(C(=O)Cn2cc(Nc3ccc(C#N)cc3[N+](=O)[O-])cn2)CC(C)O1. The average molecular weight is 384 g/mol. The number of ether oxygens (including phenoxy) is 1. The highest BCUT2D eigenvalue weighted by Gasteiger charge is 2.26. The van der Waals surface area contributed by atoms with Gasteiger partial charge in [-0.1, -0.05) is 0 Å². The van der Waals surface area contributed by atoms with Crippen molar-refractivity contribution in [3.63, 3.8) is 0 Å². The fraction of sp³-hybridized carbons (Fsp3) is 0.389. The molecule has 2 heterocycles. The zero-order chi connectivity index (χ0) is 20.3. The number of amides is 1.